The summed E-state index contributed by atoms with van der Waals surface area (Å²) in [4.78, 5) is 23.4. The summed E-state index contributed by atoms with van der Waals surface area (Å²) >= 11 is 5.60. The number of halogens is 2. The summed E-state index contributed by atoms with van der Waals surface area (Å²) in [5.41, 5.74) is 6.61. The number of nitrogens with one attached hydrogen (secondary N) is 1. The summed E-state index contributed by atoms with van der Waals surface area (Å²) in [6.07, 6.45) is 0. The molecule has 0 saturated carbocycles. The molecule has 7 heteroatoms. The highest BCUT2D eigenvalue weighted by atomic mass is 35.5. The second kappa shape index (κ2) is 6.91. The molecule has 0 bridgehead atoms. The lowest BCUT2D eigenvalue weighted by Crippen LogP contribution is -2.21. The van der Waals surface area contributed by atoms with E-state index in [1.165, 1.54) is 24.3 Å². The van der Waals surface area contributed by atoms with E-state index in [0.717, 1.165) is 6.07 Å². The molecule has 0 fully saturated rings. The number of nitrogens with two attached hydrogens (primary N) is 1. The van der Waals surface area contributed by atoms with Crippen molar-refractivity contribution in [3.8, 4) is 0 Å². The smallest absolute Gasteiger partial charge is 0.338 e. The Morgan fingerprint density at radius 2 is 1.86 bits per heavy atom. The second-order valence-electron chi connectivity index (χ2n) is 4.38. The largest absolute Gasteiger partial charge is 0.452 e. The van der Waals surface area contributed by atoms with Gasteiger partial charge in [-0.15, -0.1) is 0 Å². The number of benzene rings is 2. The van der Waals surface area contributed by atoms with Crippen molar-refractivity contribution in [3.05, 3.63) is 58.9 Å². The molecule has 0 aliphatic carbocycles. The normalized spacial score (nSPS) is 10.1. The zero-order valence-corrected chi connectivity index (χ0v) is 12.1. The first kappa shape index (κ1) is 15.8. The van der Waals surface area contributed by atoms with Crippen molar-refractivity contribution in [1.29, 1.82) is 0 Å². The highest BCUT2D eigenvalue weighted by molar-refractivity contribution is 6.31. The molecule has 3 N–H and O–H groups in total. The summed E-state index contributed by atoms with van der Waals surface area (Å²) in [6, 6.07) is 9.83. The number of rotatable bonds is 4. The summed E-state index contributed by atoms with van der Waals surface area (Å²) in [5.74, 6) is -1.80. The lowest BCUT2D eigenvalue weighted by Gasteiger charge is -2.07. The molecule has 2 rings (SSSR count). The van der Waals surface area contributed by atoms with E-state index >= 15 is 0 Å². The molecule has 0 spiro atoms. The fourth-order valence-corrected chi connectivity index (χ4v) is 1.79. The van der Waals surface area contributed by atoms with Gasteiger partial charge in [-0.05, 0) is 42.5 Å². The van der Waals surface area contributed by atoms with Crippen molar-refractivity contribution in [2.24, 2.45) is 0 Å². The molecule has 2 aromatic carbocycles. The first-order valence-electron chi connectivity index (χ1n) is 6.23. The molecule has 5 nitrogen and oxygen atoms in total. The zero-order chi connectivity index (χ0) is 16.1. The Kier molecular flexibility index (Phi) is 4.95. The summed E-state index contributed by atoms with van der Waals surface area (Å²) < 4.78 is 17.8. The van der Waals surface area contributed by atoms with Gasteiger partial charge in [0, 0.05) is 11.4 Å². The van der Waals surface area contributed by atoms with Crippen molar-refractivity contribution < 1.29 is 18.7 Å². The Hall–Kier alpha value is -2.60. The number of amides is 1. The van der Waals surface area contributed by atoms with Gasteiger partial charge < -0.3 is 15.8 Å². The Bertz CT molecular complexity index is 704. The summed E-state index contributed by atoms with van der Waals surface area (Å²) in [6.45, 7) is -0.474. The maximum absolute atomic E-state index is 13.0. The lowest BCUT2D eigenvalue weighted by atomic mass is 10.2. The topological polar surface area (TPSA) is 81.4 Å². The summed E-state index contributed by atoms with van der Waals surface area (Å²) in [5, 5.41) is 2.32. The average molecular weight is 323 g/mol. The highest BCUT2D eigenvalue weighted by Crippen LogP contribution is 2.19. The van der Waals surface area contributed by atoms with E-state index in [-0.39, 0.29) is 10.6 Å². The van der Waals surface area contributed by atoms with Crippen LogP contribution in [0.25, 0.3) is 0 Å². The van der Waals surface area contributed by atoms with Gasteiger partial charge in [-0.2, -0.15) is 0 Å². The number of esters is 1. The molecule has 0 aromatic heterocycles. The maximum atomic E-state index is 13.0. The average Bonchev–Trinajstić information content (AvgIpc) is 2.49. The molecule has 0 radical (unpaired) electrons. The third-order valence-electron chi connectivity index (χ3n) is 2.68. The van der Waals surface area contributed by atoms with Gasteiger partial charge in [0.2, 0.25) is 0 Å². The Morgan fingerprint density at radius 3 is 2.50 bits per heavy atom. The van der Waals surface area contributed by atoms with Gasteiger partial charge in [-0.3, -0.25) is 4.79 Å². The van der Waals surface area contributed by atoms with Crippen LogP contribution in [0.3, 0.4) is 0 Å². The molecular weight excluding hydrogens is 311 g/mol. The van der Waals surface area contributed by atoms with E-state index in [1.54, 1.807) is 12.1 Å². The van der Waals surface area contributed by atoms with Crippen LogP contribution in [0.4, 0.5) is 15.8 Å². The van der Waals surface area contributed by atoms with E-state index in [9.17, 15) is 14.0 Å². The molecule has 0 atom stereocenters. The third kappa shape index (κ3) is 4.20. The molecule has 0 aliphatic rings. The number of carbonyl (C=O) groups is 2. The number of carbonyl (C=O) groups excluding carboxylic acids is 2. The SMILES string of the molecule is Nc1ccc(C(=O)OCC(=O)Nc2ccc(F)c(Cl)c2)cc1. The number of hydrogen-bond acceptors (Lipinski definition) is 4. The fourth-order valence-electron chi connectivity index (χ4n) is 1.60. The van der Waals surface area contributed by atoms with E-state index in [4.69, 9.17) is 22.1 Å². The Balaban J connectivity index is 1.88. The molecule has 1 amide bonds. The van der Waals surface area contributed by atoms with Crippen LogP contribution in [-0.2, 0) is 9.53 Å². The second-order valence-corrected chi connectivity index (χ2v) is 4.78. The highest BCUT2D eigenvalue weighted by Gasteiger charge is 2.11. The molecular formula is C15H12ClFN2O3. The van der Waals surface area contributed by atoms with Gasteiger partial charge >= 0.3 is 5.97 Å². The molecule has 0 aliphatic heterocycles. The molecule has 2 aromatic rings. The Morgan fingerprint density at radius 1 is 1.18 bits per heavy atom. The number of hydrogen-bond donors (Lipinski definition) is 2. The standard InChI is InChI=1S/C15H12ClFN2O3/c16-12-7-11(5-6-13(12)17)19-14(20)8-22-15(21)9-1-3-10(18)4-2-9/h1-7H,8,18H2,(H,19,20). The van der Waals surface area contributed by atoms with Crippen molar-refractivity contribution in [2.75, 3.05) is 17.7 Å². The van der Waals surface area contributed by atoms with Gasteiger partial charge in [0.15, 0.2) is 6.61 Å². The quantitative estimate of drug-likeness (QED) is 0.670. The first-order chi connectivity index (χ1) is 10.5. The van der Waals surface area contributed by atoms with Crippen LogP contribution < -0.4 is 11.1 Å². The van der Waals surface area contributed by atoms with Crippen LogP contribution in [-0.4, -0.2) is 18.5 Å². The molecule has 0 unspecified atom stereocenters. The lowest BCUT2D eigenvalue weighted by molar-refractivity contribution is -0.119. The van der Waals surface area contributed by atoms with E-state index in [0.29, 0.717) is 11.4 Å². The monoisotopic (exact) mass is 322 g/mol. The first-order valence-corrected chi connectivity index (χ1v) is 6.61. The van der Waals surface area contributed by atoms with Gasteiger partial charge in [0.25, 0.3) is 5.91 Å². The molecule has 114 valence electrons. The van der Waals surface area contributed by atoms with Gasteiger partial charge in [-0.1, -0.05) is 11.6 Å². The molecule has 0 heterocycles. The van der Waals surface area contributed by atoms with Crippen molar-refractivity contribution >= 4 is 34.9 Å². The molecule has 0 saturated heterocycles. The maximum Gasteiger partial charge on any atom is 0.338 e. The van der Waals surface area contributed by atoms with Gasteiger partial charge in [-0.25, -0.2) is 9.18 Å². The minimum absolute atomic E-state index is 0.114. The third-order valence-corrected chi connectivity index (χ3v) is 2.97. The van der Waals surface area contributed by atoms with Crippen LogP contribution in [0.5, 0.6) is 0 Å². The number of nitrogen functional groups attached to an aromatic ring is 1. The predicted molar refractivity (Wildman–Crippen MR) is 81.2 cm³/mol. The van der Waals surface area contributed by atoms with Crippen LogP contribution in [0.2, 0.25) is 5.02 Å². The van der Waals surface area contributed by atoms with Crippen molar-refractivity contribution in [3.63, 3.8) is 0 Å². The van der Waals surface area contributed by atoms with Crippen LogP contribution in [0, 0.1) is 5.82 Å². The zero-order valence-electron chi connectivity index (χ0n) is 11.3. The van der Waals surface area contributed by atoms with Crippen LogP contribution >= 0.6 is 11.6 Å². The van der Waals surface area contributed by atoms with Crippen LogP contribution in [0.15, 0.2) is 42.5 Å². The minimum atomic E-state index is -0.646. The van der Waals surface area contributed by atoms with E-state index in [1.807, 2.05) is 0 Å². The van der Waals surface area contributed by atoms with Crippen molar-refractivity contribution in [1.82, 2.24) is 0 Å². The van der Waals surface area contributed by atoms with Crippen molar-refractivity contribution in [2.45, 2.75) is 0 Å². The number of ether oxygens (including phenoxy) is 1. The van der Waals surface area contributed by atoms with Gasteiger partial charge in [0.1, 0.15) is 5.82 Å². The predicted octanol–water partition coefficient (Wildman–Crippen LogP) is 2.86. The molecule has 22 heavy (non-hydrogen) atoms. The number of anilines is 2. The fraction of sp³-hybridized carbons (Fsp3) is 0.0667. The van der Waals surface area contributed by atoms with Gasteiger partial charge in [0.05, 0.1) is 10.6 Å². The van der Waals surface area contributed by atoms with E-state index in [2.05, 4.69) is 5.32 Å². The minimum Gasteiger partial charge on any atom is -0.452 e. The van der Waals surface area contributed by atoms with Crippen LogP contribution in [0.1, 0.15) is 10.4 Å². The van der Waals surface area contributed by atoms with E-state index < -0.39 is 24.3 Å². The Labute approximate surface area is 130 Å². The summed E-state index contributed by atoms with van der Waals surface area (Å²) in [7, 11) is 0.